The third-order valence-corrected chi connectivity index (χ3v) is 5.14. The molecule has 140 valence electrons. The molecular formula is C21H24N4O2. The molecule has 1 amide bonds. The molecule has 4 rings (SSSR count). The van der Waals surface area contributed by atoms with Crippen LogP contribution >= 0.6 is 0 Å². The summed E-state index contributed by atoms with van der Waals surface area (Å²) in [5, 5.41) is 0. The maximum atomic E-state index is 11.9. The van der Waals surface area contributed by atoms with E-state index in [0.29, 0.717) is 19.7 Å². The average Bonchev–Trinajstić information content (AvgIpc) is 3.12. The number of carbonyl (C=O) groups is 1. The van der Waals surface area contributed by atoms with Crippen molar-refractivity contribution in [1.82, 2.24) is 14.5 Å². The van der Waals surface area contributed by atoms with E-state index in [1.165, 1.54) is 11.3 Å². The first-order valence-electron chi connectivity index (χ1n) is 9.37. The number of carbonyl (C=O) groups excluding carboxylic acids is 1. The van der Waals surface area contributed by atoms with Crippen LogP contribution < -0.4 is 4.90 Å². The van der Waals surface area contributed by atoms with Gasteiger partial charge in [-0.2, -0.15) is 0 Å². The summed E-state index contributed by atoms with van der Waals surface area (Å²) < 4.78 is 7.26. The lowest BCUT2D eigenvalue weighted by atomic mass is 10.1. The fourth-order valence-corrected chi connectivity index (χ4v) is 3.71. The van der Waals surface area contributed by atoms with Crippen molar-refractivity contribution in [2.75, 3.05) is 37.7 Å². The smallest absolute Gasteiger partial charge is 0.409 e. The molecule has 2 aromatic carbocycles. The van der Waals surface area contributed by atoms with Gasteiger partial charge in [-0.25, -0.2) is 9.78 Å². The van der Waals surface area contributed by atoms with Crippen LogP contribution in [0.2, 0.25) is 0 Å². The number of imidazole rings is 1. The van der Waals surface area contributed by atoms with E-state index >= 15 is 0 Å². The Morgan fingerprint density at radius 1 is 1.04 bits per heavy atom. The van der Waals surface area contributed by atoms with Gasteiger partial charge < -0.3 is 14.5 Å². The monoisotopic (exact) mass is 364 g/mol. The fraction of sp³-hybridized carbons (Fsp3) is 0.333. The highest BCUT2D eigenvalue weighted by Gasteiger charge is 2.23. The van der Waals surface area contributed by atoms with E-state index < -0.39 is 0 Å². The Morgan fingerprint density at radius 3 is 2.56 bits per heavy atom. The van der Waals surface area contributed by atoms with E-state index in [0.717, 1.165) is 29.8 Å². The third-order valence-electron chi connectivity index (χ3n) is 5.14. The molecule has 1 fully saturated rings. The summed E-state index contributed by atoms with van der Waals surface area (Å²) in [5.41, 5.74) is 5.64. The topological polar surface area (TPSA) is 50.6 Å². The number of aromatic nitrogens is 2. The van der Waals surface area contributed by atoms with E-state index in [1.807, 2.05) is 31.5 Å². The van der Waals surface area contributed by atoms with Crippen LogP contribution in [0.5, 0.6) is 0 Å². The summed E-state index contributed by atoms with van der Waals surface area (Å²) >= 11 is 0. The van der Waals surface area contributed by atoms with Crippen LogP contribution in [0.4, 0.5) is 10.5 Å². The van der Waals surface area contributed by atoms with Crippen LogP contribution in [-0.4, -0.2) is 53.3 Å². The standard InChI is InChI=1S/C21H24N4O2/c1-3-27-21(26)24-13-11-23(12-14-24)18-9-6-10-19(16(18)2)25-15-22-17-7-4-5-8-20(17)25/h4-10,15H,3,11-14H2,1-2H3. The van der Waals surface area contributed by atoms with Crippen LogP contribution in [0.1, 0.15) is 12.5 Å². The first-order valence-corrected chi connectivity index (χ1v) is 9.37. The summed E-state index contributed by atoms with van der Waals surface area (Å²) in [4.78, 5) is 20.6. The minimum Gasteiger partial charge on any atom is -0.450 e. The minimum absolute atomic E-state index is 0.215. The zero-order chi connectivity index (χ0) is 18.8. The van der Waals surface area contributed by atoms with Gasteiger partial charge in [0.05, 0.1) is 23.3 Å². The maximum Gasteiger partial charge on any atom is 0.409 e. The average molecular weight is 364 g/mol. The molecule has 1 aliphatic heterocycles. The number of rotatable bonds is 3. The SMILES string of the molecule is CCOC(=O)N1CCN(c2cccc(-n3cnc4ccccc43)c2C)CC1. The Hall–Kier alpha value is -3.02. The number of fused-ring (bicyclic) bond motifs is 1. The van der Waals surface area contributed by atoms with Crippen LogP contribution in [0, 0.1) is 6.92 Å². The highest BCUT2D eigenvalue weighted by atomic mass is 16.6. The Kier molecular flexibility index (Phi) is 4.71. The van der Waals surface area contributed by atoms with Crippen molar-refractivity contribution in [2.24, 2.45) is 0 Å². The second-order valence-electron chi connectivity index (χ2n) is 6.70. The summed E-state index contributed by atoms with van der Waals surface area (Å²) in [6, 6.07) is 14.5. The molecule has 1 aliphatic rings. The second kappa shape index (κ2) is 7.31. The summed E-state index contributed by atoms with van der Waals surface area (Å²) in [5.74, 6) is 0. The van der Waals surface area contributed by atoms with Gasteiger partial charge in [-0.05, 0) is 43.7 Å². The normalized spacial score (nSPS) is 14.6. The molecule has 0 saturated carbocycles. The first-order chi connectivity index (χ1) is 13.2. The van der Waals surface area contributed by atoms with Crippen molar-refractivity contribution in [3.8, 4) is 5.69 Å². The van der Waals surface area contributed by atoms with Gasteiger partial charge in [-0.15, -0.1) is 0 Å². The van der Waals surface area contributed by atoms with Crippen molar-refractivity contribution in [1.29, 1.82) is 0 Å². The zero-order valence-electron chi connectivity index (χ0n) is 15.8. The number of nitrogens with zero attached hydrogens (tertiary/aromatic N) is 4. The highest BCUT2D eigenvalue weighted by Crippen LogP contribution is 2.29. The third kappa shape index (κ3) is 3.23. The zero-order valence-corrected chi connectivity index (χ0v) is 15.8. The quantitative estimate of drug-likeness (QED) is 0.712. The molecule has 6 nitrogen and oxygen atoms in total. The molecule has 3 aromatic rings. The lowest BCUT2D eigenvalue weighted by Gasteiger charge is -2.36. The van der Waals surface area contributed by atoms with Crippen molar-refractivity contribution in [3.05, 3.63) is 54.4 Å². The molecule has 2 heterocycles. The van der Waals surface area contributed by atoms with Gasteiger partial charge in [0.2, 0.25) is 0 Å². The van der Waals surface area contributed by atoms with Gasteiger partial charge in [-0.1, -0.05) is 18.2 Å². The van der Waals surface area contributed by atoms with Crippen molar-refractivity contribution < 1.29 is 9.53 Å². The Labute approximate surface area is 159 Å². The summed E-state index contributed by atoms with van der Waals surface area (Å²) in [6.45, 7) is 7.35. The Bertz CT molecular complexity index is 958. The molecule has 0 unspecified atom stereocenters. The van der Waals surface area contributed by atoms with E-state index in [-0.39, 0.29) is 6.09 Å². The minimum atomic E-state index is -0.215. The van der Waals surface area contributed by atoms with Gasteiger partial charge in [0.15, 0.2) is 0 Å². The van der Waals surface area contributed by atoms with E-state index in [1.54, 1.807) is 4.90 Å². The lowest BCUT2D eigenvalue weighted by molar-refractivity contribution is 0.105. The molecular weight excluding hydrogens is 340 g/mol. The number of amides is 1. The predicted octanol–water partition coefficient (Wildman–Crippen LogP) is 3.61. The van der Waals surface area contributed by atoms with Crippen LogP contribution in [0.15, 0.2) is 48.8 Å². The molecule has 1 saturated heterocycles. The second-order valence-corrected chi connectivity index (χ2v) is 6.70. The predicted molar refractivity (Wildman–Crippen MR) is 107 cm³/mol. The van der Waals surface area contributed by atoms with E-state index in [9.17, 15) is 4.79 Å². The number of piperazine rings is 1. The van der Waals surface area contributed by atoms with Gasteiger partial charge in [0.25, 0.3) is 0 Å². The van der Waals surface area contributed by atoms with Gasteiger partial charge in [0, 0.05) is 31.9 Å². The largest absolute Gasteiger partial charge is 0.450 e. The Balaban J connectivity index is 1.59. The lowest BCUT2D eigenvalue weighted by Crippen LogP contribution is -2.49. The molecule has 0 N–H and O–H groups in total. The van der Waals surface area contributed by atoms with Crippen molar-refractivity contribution in [2.45, 2.75) is 13.8 Å². The number of benzene rings is 2. The summed E-state index contributed by atoms with van der Waals surface area (Å²) in [7, 11) is 0. The maximum absolute atomic E-state index is 11.9. The molecule has 27 heavy (non-hydrogen) atoms. The van der Waals surface area contributed by atoms with Gasteiger partial charge in [0.1, 0.15) is 6.33 Å². The van der Waals surface area contributed by atoms with Crippen molar-refractivity contribution in [3.63, 3.8) is 0 Å². The van der Waals surface area contributed by atoms with Gasteiger partial charge in [-0.3, -0.25) is 4.57 Å². The number of hydrogen-bond acceptors (Lipinski definition) is 4. The number of anilines is 1. The molecule has 1 aromatic heterocycles. The van der Waals surface area contributed by atoms with Crippen molar-refractivity contribution >= 4 is 22.8 Å². The van der Waals surface area contributed by atoms with E-state index in [4.69, 9.17) is 4.74 Å². The number of ether oxygens (including phenoxy) is 1. The number of hydrogen-bond donors (Lipinski definition) is 0. The van der Waals surface area contributed by atoms with Crippen LogP contribution in [0.3, 0.4) is 0 Å². The van der Waals surface area contributed by atoms with Crippen LogP contribution in [-0.2, 0) is 4.74 Å². The molecule has 0 radical (unpaired) electrons. The van der Waals surface area contributed by atoms with Crippen LogP contribution in [0.25, 0.3) is 16.7 Å². The molecule has 0 bridgehead atoms. The first kappa shape index (κ1) is 17.4. The number of para-hydroxylation sites is 2. The Morgan fingerprint density at radius 2 is 1.78 bits per heavy atom. The van der Waals surface area contributed by atoms with Gasteiger partial charge >= 0.3 is 6.09 Å². The van der Waals surface area contributed by atoms with E-state index in [2.05, 4.69) is 45.6 Å². The molecule has 0 aliphatic carbocycles. The highest BCUT2D eigenvalue weighted by molar-refractivity contribution is 5.78. The molecule has 0 atom stereocenters. The molecule has 0 spiro atoms. The molecule has 6 heteroatoms. The fourth-order valence-electron chi connectivity index (χ4n) is 3.71. The summed E-state index contributed by atoms with van der Waals surface area (Å²) in [6.07, 6.45) is 1.67.